The quantitative estimate of drug-likeness (QED) is 0.805. The number of nitrogens with one attached hydrogen (secondary N) is 1. The Labute approximate surface area is 116 Å². The Morgan fingerprint density at radius 3 is 2.53 bits per heavy atom. The van der Waals surface area contributed by atoms with E-state index in [-0.39, 0.29) is 23.3 Å². The van der Waals surface area contributed by atoms with Gasteiger partial charge in [0.1, 0.15) is 0 Å². The number of nitrogens with two attached hydrogens (primary N) is 1. The van der Waals surface area contributed by atoms with Crippen molar-refractivity contribution in [2.75, 3.05) is 0 Å². The van der Waals surface area contributed by atoms with Gasteiger partial charge in [-0.25, -0.2) is 0 Å². The molecule has 0 heterocycles. The van der Waals surface area contributed by atoms with E-state index >= 15 is 0 Å². The summed E-state index contributed by atoms with van der Waals surface area (Å²) in [6, 6.07) is 0.463. The summed E-state index contributed by atoms with van der Waals surface area (Å²) in [6.45, 7) is 4.58. The molecular formula is C16H28N2O. The van der Waals surface area contributed by atoms with Gasteiger partial charge >= 0.3 is 0 Å². The molecule has 19 heavy (non-hydrogen) atoms. The lowest BCUT2D eigenvalue weighted by Gasteiger charge is -2.40. The molecule has 3 aliphatic carbocycles. The summed E-state index contributed by atoms with van der Waals surface area (Å²) >= 11 is 0. The Kier molecular flexibility index (Phi) is 3.36. The Hall–Kier alpha value is -0.570. The predicted octanol–water partition coefficient (Wildman–Crippen LogP) is 2.44. The lowest BCUT2D eigenvalue weighted by molar-refractivity contribution is -0.129. The van der Waals surface area contributed by atoms with Gasteiger partial charge in [-0.15, -0.1) is 0 Å². The van der Waals surface area contributed by atoms with Crippen LogP contribution in [-0.2, 0) is 4.79 Å². The number of carbonyl (C=O) groups excluding carboxylic acids is 1. The highest BCUT2D eigenvalue weighted by Gasteiger charge is 2.49. The Morgan fingerprint density at radius 1 is 1.16 bits per heavy atom. The molecule has 3 saturated carbocycles. The molecular weight excluding hydrogens is 236 g/mol. The lowest BCUT2D eigenvalue weighted by atomic mass is 9.73. The van der Waals surface area contributed by atoms with Gasteiger partial charge in [-0.1, -0.05) is 26.7 Å². The van der Waals surface area contributed by atoms with Crippen LogP contribution in [0.1, 0.15) is 58.8 Å². The summed E-state index contributed by atoms with van der Waals surface area (Å²) in [7, 11) is 0. The van der Waals surface area contributed by atoms with E-state index in [0.29, 0.717) is 17.9 Å². The van der Waals surface area contributed by atoms with E-state index < -0.39 is 0 Å². The SMILES string of the molecule is CC1(C)CCCCC1NC(=O)C1C2CCC(C2)C1N. The van der Waals surface area contributed by atoms with E-state index in [1.807, 2.05) is 0 Å². The molecule has 0 aromatic rings. The molecule has 0 aliphatic heterocycles. The zero-order chi connectivity index (χ0) is 13.6. The summed E-state index contributed by atoms with van der Waals surface area (Å²) in [4.78, 5) is 12.6. The third-order valence-corrected chi connectivity index (χ3v) is 6.11. The Morgan fingerprint density at radius 2 is 1.89 bits per heavy atom. The van der Waals surface area contributed by atoms with Gasteiger partial charge in [0.15, 0.2) is 0 Å². The highest BCUT2D eigenvalue weighted by atomic mass is 16.2. The van der Waals surface area contributed by atoms with E-state index in [1.165, 1.54) is 38.5 Å². The summed E-state index contributed by atoms with van der Waals surface area (Å²) in [6.07, 6.45) is 8.54. The van der Waals surface area contributed by atoms with E-state index in [2.05, 4.69) is 19.2 Å². The van der Waals surface area contributed by atoms with Crippen LogP contribution in [0.15, 0.2) is 0 Å². The summed E-state index contributed by atoms with van der Waals surface area (Å²) in [5.74, 6) is 1.52. The van der Waals surface area contributed by atoms with Crippen LogP contribution in [0.5, 0.6) is 0 Å². The molecule has 0 saturated heterocycles. The average Bonchev–Trinajstić information content (AvgIpc) is 2.92. The van der Waals surface area contributed by atoms with Crippen LogP contribution in [0, 0.1) is 23.2 Å². The number of amides is 1. The normalized spacial score (nSPS) is 44.3. The van der Waals surface area contributed by atoms with Gasteiger partial charge in [0.2, 0.25) is 5.91 Å². The summed E-state index contributed by atoms with van der Waals surface area (Å²) < 4.78 is 0. The van der Waals surface area contributed by atoms with E-state index in [4.69, 9.17) is 5.73 Å². The standard InChI is InChI=1S/C16H28N2O/c1-16(2)8-4-3-5-12(16)18-15(19)13-10-6-7-11(9-10)14(13)17/h10-14H,3-9,17H2,1-2H3,(H,18,19). The van der Waals surface area contributed by atoms with Crippen LogP contribution in [0.2, 0.25) is 0 Å². The van der Waals surface area contributed by atoms with Crippen molar-refractivity contribution in [3.05, 3.63) is 0 Å². The van der Waals surface area contributed by atoms with Gasteiger partial charge < -0.3 is 11.1 Å². The number of carbonyl (C=O) groups is 1. The zero-order valence-electron chi connectivity index (χ0n) is 12.3. The maximum absolute atomic E-state index is 12.6. The maximum atomic E-state index is 12.6. The van der Waals surface area contributed by atoms with Crippen LogP contribution >= 0.6 is 0 Å². The number of fused-ring (bicyclic) bond motifs is 2. The second kappa shape index (κ2) is 4.76. The van der Waals surface area contributed by atoms with E-state index in [9.17, 15) is 4.79 Å². The molecule has 2 bridgehead atoms. The summed E-state index contributed by atoms with van der Waals surface area (Å²) in [5, 5.41) is 3.35. The van der Waals surface area contributed by atoms with Crippen LogP contribution in [0.3, 0.4) is 0 Å². The molecule has 3 aliphatic rings. The van der Waals surface area contributed by atoms with Gasteiger partial charge in [-0.05, 0) is 49.4 Å². The fourth-order valence-electron chi connectivity index (χ4n) is 4.75. The van der Waals surface area contributed by atoms with Crippen molar-refractivity contribution in [3.8, 4) is 0 Å². The second-order valence-corrected chi connectivity index (χ2v) is 7.73. The van der Waals surface area contributed by atoms with Crippen LogP contribution < -0.4 is 11.1 Å². The van der Waals surface area contributed by atoms with Gasteiger partial charge in [-0.3, -0.25) is 4.79 Å². The van der Waals surface area contributed by atoms with Crippen molar-refractivity contribution >= 4 is 5.91 Å². The third-order valence-electron chi connectivity index (χ3n) is 6.11. The zero-order valence-corrected chi connectivity index (χ0v) is 12.3. The van der Waals surface area contributed by atoms with Crippen molar-refractivity contribution < 1.29 is 4.79 Å². The molecule has 3 heteroatoms. The minimum absolute atomic E-state index is 0.0940. The van der Waals surface area contributed by atoms with Gasteiger partial charge in [-0.2, -0.15) is 0 Å². The molecule has 0 spiro atoms. The average molecular weight is 264 g/mol. The molecule has 0 aromatic heterocycles. The molecule has 108 valence electrons. The molecule has 1 amide bonds. The van der Waals surface area contributed by atoms with Gasteiger partial charge in [0.25, 0.3) is 0 Å². The second-order valence-electron chi connectivity index (χ2n) is 7.73. The van der Waals surface area contributed by atoms with Crippen molar-refractivity contribution in [1.82, 2.24) is 5.32 Å². The third kappa shape index (κ3) is 2.31. The molecule has 0 aromatic carbocycles. The number of hydrogen-bond donors (Lipinski definition) is 2. The van der Waals surface area contributed by atoms with Crippen LogP contribution in [0.4, 0.5) is 0 Å². The van der Waals surface area contributed by atoms with Crippen LogP contribution in [-0.4, -0.2) is 18.0 Å². The van der Waals surface area contributed by atoms with E-state index in [1.54, 1.807) is 0 Å². The predicted molar refractivity (Wildman–Crippen MR) is 76.5 cm³/mol. The molecule has 3 nitrogen and oxygen atoms in total. The first-order valence-electron chi connectivity index (χ1n) is 8.05. The van der Waals surface area contributed by atoms with Gasteiger partial charge in [0.05, 0.1) is 5.92 Å². The first kappa shape index (κ1) is 13.4. The van der Waals surface area contributed by atoms with Gasteiger partial charge in [0, 0.05) is 12.1 Å². The fraction of sp³-hybridized carbons (Fsp3) is 0.938. The van der Waals surface area contributed by atoms with Crippen molar-refractivity contribution in [3.63, 3.8) is 0 Å². The number of hydrogen-bond acceptors (Lipinski definition) is 2. The highest BCUT2D eigenvalue weighted by molar-refractivity contribution is 5.80. The Balaban J connectivity index is 1.65. The molecule has 3 N–H and O–H groups in total. The first-order valence-corrected chi connectivity index (χ1v) is 8.05. The minimum atomic E-state index is 0.0940. The lowest BCUT2D eigenvalue weighted by Crippen LogP contribution is -2.52. The smallest absolute Gasteiger partial charge is 0.225 e. The molecule has 3 fully saturated rings. The first-order chi connectivity index (χ1) is 8.99. The maximum Gasteiger partial charge on any atom is 0.225 e. The van der Waals surface area contributed by atoms with E-state index in [0.717, 1.165) is 6.42 Å². The molecule has 0 radical (unpaired) electrons. The topological polar surface area (TPSA) is 55.1 Å². The summed E-state index contributed by atoms with van der Waals surface area (Å²) in [5.41, 5.74) is 6.52. The molecule has 5 atom stereocenters. The molecule has 5 unspecified atom stereocenters. The Bertz CT molecular complexity index is 364. The van der Waals surface area contributed by atoms with Crippen molar-refractivity contribution in [1.29, 1.82) is 0 Å². The highest BCUT2D eigenvalue weighted by Crippen LogP contribution is 2.48. The number of rotatable bonds is 2. The largest absolute Gasteiger partial charge is 0.353 e. The fourth-order valence-corrected chi connectivity index (χ4v) is 4.75. The molecule has 3 rings (SSSR count). The van der Waals surface area contributed by atoms with Crippen LogP contribution in [0.25, 0.3) is 0 Å². The van der Waals surface area contributed by atoms with Crippen molar-refractivity contribution in [2.45, 2.75) is 70.9 Å². The monoisotopic (exact) mass is 264 g/mol. The minimum Gasteiger partial charge on any atom is -0.353 e. The van der Waals surface area contributed by atoms with Crippen molar-refractivity contribution in [2.24, 2.45) is 28.9 Å².